The van der Waals surface area contributed by atoms with E-state index >= 15 is 0 Å². The van der Waals surface area contributed by atoms with Gasteiger partial charge in [-0.2, -0.15) is 0 Å². The zero-order valence-corrected chi connectivity index (χ0v) is 15.2. The predicted molar refractivity (Wildman–Crippen MR) is 97.9 cm³/mol. The van der Waals surface area contributed by atoms with E-state index < -0.39 is 0 Å². The van der Waals surface area contributed by atoms with Crippen LogP contribution in [0, 0.1) is 0 Å². The van der Waals surface area contributed by atoms with Gasteiger partial charge in [-0.25, -0.2) is 0 Å². The van der Waals surface area contributed by atoms with E-state index in [1.807, 2.05) is 62.4 Å². The van der Waals surface area contributed by atoms with Crippen molar-refractivity contribution in [3.8, 4) is 11.5 Å². The molecular formula is C19H23NO3S. The molecule has 0 aliphatic carbocycles. The van der Waals surface area contributed by atoms with E-state index in [-0.39, 0.29) is 17.2 Å². The zero-order valence-electron chi connectivity index (χ0n) is 14.4. The molecule has 2 aromatic rings. The first-order valence-electron chi connectivity index (χ1n) is 7.78. The molecule has 0 aliphatic heterocycles. The summed E-state index contributed by atoms with van der Waals surface area (Å²) in [6.07, 6.45) is 0. The number of ether oxygens (including phenoxy) is 2. The van der Waals surface area contributed by atoms with Crippen LogP contribution >= 0.6 is 11.8 Å². The van der Waals surface area contributed by atoms with Gasteiger partial charge in [0.25, 0.3) is 0 Å². The lowest BCUT2D eigenvalue weighted by Crippen LogP contribution is -2.33. The monoisotopic (exact) mass is 345 g/mol. The number of rotatable bonds is 7. The molecule has 2 aromatic carbocycles. The Morgan fingerprint density at radius 2 is 1.42 bits per heavy atom. The molecule has 0 bridgehead atoms. The number of hydrogen-bond acceptors (Lipinski definition) is 4. The molecule has 0 saturated heterocycles. The van der Waals surface area contributed by atoms with Gasteiger partial charge < -0.3 is 14.8 Å². The Morgan fingerprint density at radius 3 is 1.92 bits per heavy atom. The lowest BCUT2D eigenvalue weighted by atomic mass is 10.1. The summed E-state index contributed by atoms with van der Waals surface area (Å²) >= 11 is 1.53. The summed E-state index contributed by atoms with van der Waals surface area (Å²) in [4.78, 5) is 13.4. The molecule has 0 spiro atoms. The minimum absolute atomic E-state index is 0.0131. The topological polar surface area (TPSA) is 47.6 Å². The van der Waals surface area contributed by atoms with Gasteiger partial charge in [0.15, 0.2) is 0 Å². The number of carbonyl (C=O) groups is 1. The van der Waals surface area contributed by atoms with E-state index in [1.54, 1.807) is 14.2 Å². The fraction of sp³-hybridized carbons (Fsp3) is 0.316. The Morgan fingerprint density at radius 1 is 0.917 bits per heavy atom. The third kappa shape index (κ3) is 4.93. The molecule has 128 valence electrons. The zero-order chi connectivity index (χ0) is 17.5. The summed E-state index contributed by atoms with van der Waals surface area (Å²) in [5.41, 5.74) is 1.05. The van der Waals surface area contributed by atoms with E-state index in [2.05, 4.69) is 5.32 Å². The van der Waals surface area contributed by atoms with Crippen molar-refractivity contribution in [2.75, 3.05) is 14.2 Å². The molecule has 2 rings (SSSR count). The molecule has 1 N–H and O–H groups in total. The van der Waals surface area contributed by atoms with Crippen LogP contribution in [0.1, 0.15) is 25.5 Å². The van der Waals surface area contributed by atoms with E-state index in [0.29, 0.717) is 0 Å². The standard InChI is InChI=1S/C19H23NO3S/c1-13(15-5-7-16(22-3)8-6-15)20-19(21)14(2)24-18-11-9-17(23-4)10-12-18/h5-14H,1-4H3,(H,20,21)/t13-,14-/m1/s1. The van der Waals surface area contributed by atoms with Crippen molar-refractivity contribution in [3.63, 3.8) is 0 Å². The van der Waals surface area contributed by atoms with Crippen LogP contribution in [0.15, 0.2) is 53.4 Å². The number of nitrogens with one attached hydrogen (secondary N) is 1. The van der Waals surface area contributed by atoms with E-state index in [0.717, 1.165) is 22.0 Å². The molecule has 1 amide bonds. The summed E-state index contributed by atoms with van der Waals surface area (Å²) in [7, 11) is 3.27. The van der Waals surface area contributed by atoms with E-state index in [1.165, 1.54) is 11.8 Å². The highest BCUT2D eigenvalue weighted by Gasteiger charge is 2.17. The van der Waals surface area contributed by atoms with Gasteiger partial charge in [0, 0.05) is 4.90 Å². The van der Waals surface area contributed by atoms with Crippen molar-refractivity contribution in [2.45, 2.75) is 30.0 Å². The van der Waals surface area contributed by atoms with Gasteiger partial charge in [0.1, 0.15) is 11.5 Å². The first-order valence-corrected chi connectivity index (χ1v) is 8.66. The van der Waals surface area contributed by atoms with Crippen molar-refractivity contribution in [1.29, 1.82) is 0 Å². The largest absolute Gasteiger partial charge is 0.497 e. The molecule has 0 aromatic heterocycles. The molecule has 0 radical (unpaired) electrons. The van der Waals surface area contributed by atoms with Crippen molar-refractivity contribution < 1.29 is 14.3 Å². The minimum atomic E-state index is -0.181. The average molecular weight is 345 g/mol. The summed E-state index contributed by atoms with van der Waals surface area (Å²) in [6, 6.07) is 15.4. The molecule has 2 atom stereocenters. The number of hydrogen-bond donors (Lipinski definition) is 1. The quantitative estimate of drug-likeness (QED) is 0.769. The van der Waals surface area contributed by atoms with Crippen LogP contribution in [-0.4, -0.2) is 25.4 Å². The number of amides is 1. The normalized spacial score (nSPS) is 13.0. The first-order chi connectivity index (χ1) is 11.5. The maximum absolute atomic E-state index is 12.4. The second kappa shape index (κ2) is 8.64. The van der Waals surface area contributed by atoms with Gasteiger partial charge in [0.05, 0.1) is 25.5 Å². The van der Waals surface area contributed by atoms with Gasteiger partial charge in [-0.1, -0.05) is 12.1 Å². The molecule has 5 heteroatoms. The molecule has 0 heterocycles. The number of carbonyl (C=O) groups excluding carboxylic acids is 1. The number of methoxy groups -OCH3 is 2. The third-order valence-corrected chi connectivity index (χ3v) is 4.83. The van der Waals surface area contributed by atoms with Crippen LogP contribution < -0.4 is 14.8 Å². The molecule has 0 unspecified atom stereocenters. The van der Waals surface area contributed by atoms with Gasteiger partial charge >= 0.3 is 0 Å². The Balaban J connectivity index is 1.91. The SMILES string of the molecule is COc1ccc(S[C@H](C)C(=O)N[C@H](C)c2ccc(OC)cc2)cc1. The number of thioether (sulfide) groups is 1. The van der Waals surface area contributed by atoms with Gasteiger partial charge in [-0.3, -0.25) is 4.79 Å². The van der Waals surface area contributed by atoms with Crippen LogP contribution in [-0.2, 0) is 4.79 Å². The van der Waals surface area contributed by atoms with Gasteiger partial charge in [-0.05, 0) is 55.8 Å². The van der Waals surface area contributed by atoms with Gasteiger partial charge in [0.2, 0.25) is 5.91 Å². The van der Waals surface area contributed by atoms with Crippen LogP contribution in [0.25, 0.3) is 0 Å². The smallest absolute Gasteiger partial charge is 0.233 e. The van der Waals surface area contributed by atoms with Crippen LogP contribution in [0.5, 0.6) is 11.5 Å². The van der Waals surface area contributed by atoms with Crippen molar-refractivity contribution >= 4 is 17.7 Å². The molecule has 0 saturated carbocycles. The molecule has 24 heavy (non-hydrogen) atoms. The predicted octanol–water partition coefficient (Wildman–Crippen LogP) is 4.06. The van der Waals surface area contributed by atoms with E-state index in [4.69, 9.17) is 9.47 Å². The maximum atomic E-state index is 12.4. The summed E-state index contributed by atoms with van der Waals surface area (Å²) in [5, 5.41) is 2.87. The molecule has 0 aliphatic rings. The second-order valence-electron chi connectivity index (χ2n) is 5.44. The molecular weight excluding hydrogens is 322 g/mol. The first kappa shape index (κ1) is 18.2. The van der Waals surface area contributed by atoms with Crippen LogP contribution in [0.2, 0.25) is 0 Å². The van der Waals surface area contributed by atoms with Crippen LogP contribution in [0.4, 0.5) is 0 Å². The third-order valence-electron chi connectivity index (χ3n) is 3.72. The fourth-order valence-electron chi connectivity index (χ4n) is 2.22. The molecule has 4 nitrogen and oxygen atoms in total. The number of benzene rings is 2. The lowest BCUT2D eigenvalue weighted by Gasteiger charge is -2.18. The minimum Gasteiger partial charge on any atom is -0.497 e. The highest BCUT2D eigenvalue weighted by molar-refractivity contribution is 8.00. The summed E-state index contributed by atoms with van der Waals surface area (Å²) in [5.74, 6) is 1.63. The van der Waals surface area contributed by atoms with Crippen molar-refractivity contribution in [2.24, 2.45) is 0 Å². The Bertz CT molecular complexity index is 655. The average Bonchev–Trinajstić information content (AvgIpc) is 2.62. The Kier molecular flexibility index (Phi) is 6.55. The Hall–Kier alpha value is -2.14. The summed E-state index contributed by atoms with van der Waals surface area (Å²) in [6.45, 7) is 3.88. The van der Waals surface area contributed by atoms with Gasteiger partial charge in [-0.15, -0.1) is 11.8 Å². The Labute approximate surface area is 147 Å². The second-order valence-corrected chi connectivity index (χ2v) is 6.85. The van der Waals surface area contributed by atoms with Crippen molar-refractivity contribution in [3.05, 3.63) is 54.1 Å². The van der Waals surface area contributed by atoms with Crippen LogP contribution in [0.3, 0.4) is 0 Å². The highest BCUT2D eigenvalue weighted by atomic mass is 32.2. The fourth-order valence-corrected chi connectivity index (χ4v) is 3.10. The van der Waals surface area contributed by atoms with Crippen molar-refractivity contribution in [1.82, 2.24) is 5.32 Å². The van der Waals surface area contributed by atoms with E-state index in [9.17, 15) is 4.79 Å². The highest BCUT2D eigenvalue weighted by Crippen LogP contribution is 2.26. The molecule has 0 fully saturated rings. The maximum Gasteiger partial charge on any atom is 0.233 e. The lowest BCUT2D eigenvalue weighted by molar-refractivity contribution is -0.120. The summed E-state index contributed by atoms with van der Waals surface area (Å²) < 4.78 is 10.3.